The van der Waals surface area contributed by atoms with Crippen molar-refractivity contribution in [2.24, 2.45) is 12.5 Å². The van der Waals surface area contributed by atoms with Crippen LogP contribution in [0.25, 0.3) is 0 Å². The molecular formula is C16H24N4O. The zero-order valence-corrected chi connectivity index (χ0v) is 13.4. The summed E-state index contributed by atoms with van der Waals surface area (Å²) in [7, 11) is 1.94. The van der Waals surface area contributed by atoms with Crippen LogP contribution >= 0.6 is 0 Å². The molecule has 1 amide bonds. The average molecular weight is 288 g/mol. The van der Waals surface area contributed by atoms with Crippen molar-refractivity contribution in [2.75, 3.05) is 0 Å². The fourth-order valence-corrected chi connectivity index (χ4v) is 2.23. The molecule has 0 saturated heterocycles. The third-order valence-electron chi connectivity index (χ3n) is 3.93. The van der Waals surface area contributed by atoms with E-state index in [2.05, 4.69) is 31.1 Å². The number of hydrogen-bond donors (Lipinski definition) is 1. The van der Waals surface area contributed by atoms with E-state index in [0.717, 1.165) is 11.3 Å². The number of aryl methyl sites for hydroxylation is 1. The van der Waals surface area contributed by atoms with Gasteiger partial charge in [0.05, 0.1) is 17.9 Å². The first kappa shape index (κ1) is 15.4. The van der Waals surface area contributed by atoms with Crippen LogP contribution in [0.1, 0.15) is 36.8 Å². The number of nitrogens with one attached hydrogen (secondary N) is 1. The van der Waals surface area contributed by atoms with E-state index in [1.807, 2.05) is 41.6 Å². The molecule has 0 aliphatic heterocycles. The Morgan fingerprint density at radius 3 is 2.57 bits per heavy atom. The third-order valence-corrected chi connectivity index (χ3v) is 3.93. The van der Waals surface area contributed by atoms with Gasteiger partial charge in [-0.25, -0.2) is 4.98 Å². The molecule has 0 spiro atoms. The lowest BCUT2D eigenvalue weighted by molar-refractivity contribution is 0.0892. The van der Waals surface area contributed by atoms with Crippen molar-refractivity contribution in [3.63, 3.8) is 0 Å². The third kappa shape index (κ3) is 3.54. The van der Waals surface area contributed by atoms with Crippen molar-refractivity contribution < 1.29 is 4.79 Å². The Hall–Kier alpha value is -2.04. The van der Waals surface area contributed by atoms with Gasteiger partial charge in [0.15, 0.2) is 0 Å². The van der Waals surface area contributed by atoms with Gasteiger partial charge in [0, 0.05) is 37.9 Å². The summed E-state index contributed by atoms with van der Waals surface area (Å²) >= 11 is 0. The van der Waals surface area contributed by atoms with Crippen LogP contribution < -0.4 is 5.32 Å². The summed E-state index contributed by atoms with van der Waals surface area (Å²) in [6.07, 6.45) is 7.35. The van der Waals surface area contributed by atoms with E-state index in [-0.39, 0.29) is 17.4 Å². The van der Waals surface area contributed by atoms with Gasteiger partial charge in [-0.05, 0) is 18.4 Å². The normalized spacial score (nSPS) is 13.2. The van der Waals surface area contributed by atoms with Crippen molar-refractivity contribution in [2.45, 2.75) is 40.3 Å². The first-order chi connectivity index (χ1) is 9.79. The Kier molecular flexibility index (Phi) is 4.21. The fraction of sp³-hybridized carbons (Fsp3) is 0.500. The average Bonchev–Trinajstić information content (AvgIpc) is 2.99. The second-order valence-electron chi connectivity index (χ2n) is 6.58. The summed E-state index contributed by atoms with van der Waals surface area (Å²) in [5.74, 6) is -0.0202. The van der Waals surface area contributed by atoms with E-state index >= 15 is 0 Å². The monoisotopic (exact) mass is 288 g/mol. The largest absolute Gasteiger partial charge is 0.354 e. The minimum atomic E-state index is -0.0391. The minimum Gasteiger partial charge on any atom is -0.354 e. The number of aromatic nitrogens is 3. The molecule has 21 heavy (non-hydrogen) atoms. The van der Waals surface area contributed by atoms with Crippen LogP contribution in [0.4, 0.5) is 0 Å². The van der Waals surface area contributed by atoms with Crippen molar-refractivity contribution in [1.82, 2.24) is 19.4 Å². The first-order valence-electron chi connectivity index (χ1n) is 7.17. The molecule has 0 aromatic carbocycles. The molecule has 0 unspecified atom stereocenters. The summed E-state index contributed by atoms with van der Waals surface area (Å²) in [6, 6.07) is 1.89. The zero-order chi connectivity index (χ0) is 15.6. The van der Waals surface area contributed by atoms with E-state index in [0.29, 0.717) is 6.54 Å². The molecule has 5 heteroatoms. The van der Waals surface area contributed by atoms with E-state index < -0.39 is 0 Å². The number of rotatable bonds is 4. The van der Waals surface area contributed by atoms with Gasteiger partial charge in [0.2, 0.25) is 0 Å². The Labute approximate surface area is 126 Å². The number of carbonyl (C=O) groups excluding carboxylic acids is 1. The van der Waals surface area contributed by atoms with Gasteiger partial charge in [-0.3, -0.25) is 4.79 Å². The molecule has 1 N–H and O–H groups in total. The number of amides is 1. The lowest BCUT2D eigenvalue weighted by Gasteiger charge is -2.31. The van der Waals surface area contributed by atoms with Crippen LogP contribution in [0.2, 0.25) is 0 Å². The highest BCUT2D eigenvalue weighted by atomic mass is 16.1. The van der Waals surface area contributed by atoms with Crippen LogP contribution in [0.5, 0.6) is 0 Å². The van der Waals surface area contributed by atoms with Crippen molar-refractivity contribution >= 4 is 5.91 Å². The molecule has 0 saturated carbocycles. The Morgan fingerprint density at radius 2 is 2.10 bits per heavy atom. The first-order valence-corrected chi connectivity index (χ1v) is 7.17. The van der Waals surface area contributed by atoms with Gasteiger partial charge < -0.3 is 14.5 Å². The predicted molar refractivity (Wildman–Crippen MR) is 83.1 cm³/mol. The summed E-state index contributed by atoms with van der Waals surface area (Å²) in [5, 5.41) is 3.16. The summed E-state index contributed by atoms with van der Waals surface area (Å²) < 4.78 is 3.95. The Balaban J connectivity index is 2.15. The quantitative estimate of drug-likeness (QED) is 0.939. The summed E-state index contributed by atoms with van der Waals surface area (Å²) in [4.78, 5) is 16.6. The summed E-state index contributed by atoms with van der Waals surface area (Å²) in [5.41, 5.74) is 1.67. The van der Waals surface area contributed by atoms with E-state index in [9.17, 15) is 4.79 Å². The van der Waals surface area contributed by atoms with Crippen molar-refractivity contribution in [3.8, 4) is 0 Å². The highest BCUT2D eigenvalue weighted by Crippen LogP contribution is 2.21. The van der Waals surface area contributed by atoms with Crippen LogP contribution in [0.15, 0.2) is 31.0 Å². The molecule has 2 heterocycles. The number of imidazole rings is 1. The van der Waals surface area contributed by atoms with Crippen molar-refractivity contribution in [1.29, 1.82) is 0 Å². The molecule has 0 fully saturated rings. The van der Waals surface area contributed by atoms with E-state index in [1.54, 1.807) is 12.5 Å². The topological polar surface area (TPSA) is 51.9 Å². The van der Waals surface area contributed by atoms with Gasteiger partial charge in [-0.1, -0.05) is 20.8 Å². The Morgan fingerprint density at radius 1 is 1.38 bits per heavy atom. The number of carbonyl (C=O) groups is 1. The Bertz CT molecular complexity index is 605. The van der Waals surface area contributed by atoms with Gasteiger partial charge in [-0.15, -0.1) is 0 Å². The lowest BCUT2D eigenvalue weighted by atomic mass is 9.86. The molecule has 5 nitrogen and oxygen atoms in total. The molecule has 1 atom stereocenters. The van der Waals surface area contributed by atoms with Crippen LogP contribution in [-0.4, -0.2) is 26.1 Å². The van der Waals surface area contributed by atoms with Gasteiger partial charge >= 0.3 is 0 Å². The predicted octanol–water partition coefficient (Wildman–Crippen LogP) is 2.37. The molecular weight excluding hydrogens is 264 g/mol. The maximum absolute atomic E-state index is 12.5. The zero-order valence-electron chi connectivity index (χ0n) is 13.4. The van der Waals surface area contributed by atoms with E-state index in [4.69, 9.17) is 0 Å². The second kappa shape index (κ2) is 5.76. The lowest BCUT2D eigenvalue weighted by Crippen LogP contribution is -2.46. The van der Waals surface area contributed by atoms with Crippen molar-refractivity contribution in [3.05, 3.63) is 42.2 Å². The molecule has 0 radical (unpaired) electrons. The fourth-order valence-electron chi connectivity index (χ4n) is 2.23. The minimum absolute atomic E-state index is 0.0202. The molecule has 114 valence electrons. The van der Waals surface area contributed by atoms with Gasteiger partial charge in [0.1, 0.15) is 0 Å². The SMILES string of the molecule is Cc1c(C(=O)N[C@H](Cn2ccnc2)C(C)(C)C)ccn1C. The standard InChI is InChI=1S/C16H24N4O/c1-12-13(6-8-19(12)5)15(21)18-14(16(2,3)4)10-20-9-7-17-11-20/h6-9,11,14H,10H2,1-5H3,(H,18,21)/t14-/m1/s1. The molecule has 2 rings (SSSR count). The second-order valence-corrected chi connectivity index (χ2v) is 6.58. The van der Waals surface area contributed by atoms with Gasteiger partial charge in [-0.2, -0.15) is 0 Å². The smallest absolute Gasteiger partial charge is 0.253 e. The van der Waals surface area contributed by atoms with E-state index in [1.165, 1.54) is 0 Å². The maximum atomic E-state index is 12.5. The number of hydrogen-bond acceptors (Lipinski definition) is 2. The van der Waals surface area contributed by atoms with Gasteiger partial charge in [0.25, 0.3) is 5.91 Å². The summed E-state index contributed by atoms with van der Waals surface area (Å²) in [6.45, 7) is 9.06. The molecule has 0 aliphatic carbocycles. The van der Waals surface area contributed by atoms with Crippen LogP contribution in [-0.2, 0) is 13.6 Å². The molecule has 2 aromatic rings. The van der Waals surface area contributed by atoms with Crippen LogP contribution in [0.3, 0.4) is 0 Å². The number of nitrogens with zero attached hydrogens (tertiary/aromatic N) is 3. The molecule has 2 aromatic heterocycles. The highest BCUT2D eigenvalue weighted by Gasteiger charge is 2.27. The highest BCUT2D eigenvalue weighted by molar-refractivity contribution is 5.95. The molecule has 0 aliphatic rings. The molecule has 0 bridgehead atoms. The maximum Gasteiger partial charge on any atom is 0.253 e. The van der Waals surface area contributed by atoms with Crippen LogP contribution in [0, 0.1) is 12.3 Å².